The smallest absolute Gasteiger partial charge is 0.311 e. The largest absolute Gasteiger partial charge is 0.492 e. The highest BCUT2D eigenvalue weighted by Crippen LogP contribution is 2.31. The molecule has 6 nitrogen and oxygen atoms in total. The quantitative estimate of drug-likeness (QED) is 0.489. The summed E-state index contributed by atoms with van der Waals surface area (Å²) in [6, 6.07) is 11.7. The molecule has 0 N–H and O–H groups in total. The van der Waals surface area contributed by atoms with Gasteiger partial charge in [0.2, 0.25) is 0 Å². The number of nitrogens with zero attached hydrogens (tertiary/aromatic N) is 1. The van der Waals surface area contributed by atoms with Crippen LogP contribution in [0, 0.1) is 10.1 Å². The molecule has 3 rings (SSSR count). The third kappa shape index (κ3) is 2.99. The number of methoxy groups -OCH3 is 1. The van der Waals surface area contributed by atoms with Crippen molar-refractivity contribution in [2.75, 3.05) is 13.7 Å². The molecular formula is C18H15NO5. The Hall–Kier alpha value is -3.15. The molecule has 0 bridgehead atoms. The number of carbonyl (C=O) groups excluding carboxylic acids is 1. The zero-order valence-corrected chi connectivity index (χ0v) is 13.0. The lowest BCUT2D eigenvalue weighted by Crippen LogP contribution is -2.02. The van der Waals surface area contributed by atoms with Crippen molar-refractivity contribution >= 4 is 17.5 Å². The van der Waals surface area contributed by atoms with Gasteiger partial charge in [0.1, 0.15) is 5.75 Å². The van der Waals surface area contributed by atoms with E-state index < -0.39 is 4.92 Å². The maximum Gasteiger partial charge on any atom is 0.311 e. The molecule has 0 saturated carbocycles. The highest BCUT2D eigenvalue weighted by atomic mass is 16.6. The first-order valence-electron chi connectivity index (χ1n) is 7.39. The molecule has 0 fully saturated rings. The van der Waals surface area contributed by atoms with Crippen LogP contribution >= 0.6 is 0 Å². The van der Waals surface area contributed by atoms with Crippen LogP contribution in [0.3, 0.4) is 0 Å². The van der Waals surface area contributed by atoms with Gasteiger partial charge in [-0.1, -0.05) is 18.2 Å². The first kappa shape index (κ1) is 15.7. The molecule has 24 heavy (non-hydrogen) atoms. The number of hydrogen-bond acceptors (Lipinski definition) is 5. The minimum Gasteiger partial charge on any atom is -0.492 e. The highest BCUT2D eigenvalue weighted by Gasteiger charge is 2.21. The van der Waals surface area contributed by atoms with Crippen molar-refractivity contribution in [3.8, 4) is 11.5 Å². The molecule has 2 aromatic carbocycles. The second-order valence-electron chi connectivity index (χ2n) is 5.28. The molecule has 6 heteroatoms. The summed E-state index contributed by atoms with van der Waals surface area (Å²) in [4.78, 5) is 23.3. The summed E-state index contributed by atoms with van der Waals surface area (Å²) in [6.45, 7) is 0.382. The van der Waals surface area contributed by atoms with Crippen LogP contribution in [-0.4, -0.2) is 24.4 Å². The molecule has 122 valence electrons. The molecule has 2 aromatic rings. The van der Waals surface area contributed by atoms with Gasteiger partial charge in [0.25, 0.3) is 0 Å². The summed E-state index contributed by atoms with van der Waals surface area (Å²) >= 11 is 0. The van der Waals surface area contributed by atoms with Crippen LogP contribution in [-0.2, 0) is 0 Å². The van der Waals surface area contributed by atoms with Crippen molar-refractivity contribution in [2.45, 2.75) is 6.42 Å². The van der Waals surface area contributed by atoms with Crippen molar-refractivity contribution < 1.29 is 19.2 Å². The number of ketones is 1. The lowest BCUT2D eigenvalue weighted by molar-refractivity contribution is -0.385. The van der Waals surface area contributed by atoms with Gasteiger partial charge in [0, 0.05) is 18.1 Å². The fourth-order valence-electron chi connectivity index (χ4n) is 2.62. The van der Waals surface area contributed by atoms with E-state index in [-0.39, 0.29) is 17.2 Å². The number of ether oxygens (including phenoxy) is 2. The molecule has 1 aliphatic rings. The average Bonchev–Trinajstić information content (AvgIpc) is 2.75. The zero-order chi connectivity index (χ0) is 17.1. The first-order chi connectivity index (χ1) is 11.6. The van der Waals surface area contributed by atoms with Gasteiger partial charge in [-0.15, -0.1) is 0 Å². The number of Topliss-reactive ketones (excluding diaryl/α,β-unsaturated/α-hetero) is 1. The monoisotopic (exact) mass is 325 g/mol. The minimum atomic E-state index is -0.506. The van der Waals surface area contributed by atoms with Crippen LogP contribution < -0.4 is 9.47 Å². The summed E-state index contributed by atoms with van der Waals surface area (Å²) < 4.78 is 10.6. The number of benzene rings is 2. The van der Waals surface area contributed by atoms with Crippen LogP contribution in [0.15, 0.2) is 48.0 Å². The summed E-state index contributed by atoms with van der Waals surface area (Å²) in [7, 11) is 1.38. The Bertz CT molecular complexity index is 841. The van der Waals surface area contributed by atoms with Crippen LogP contribution in [0.2, 0.25) is 0 Å². The van der Waals surface area contributed by atoms with E-state index >= 15 is 0 Å². The maximum absolute atomic E-state index is 12.7. The number of fused-ring (bicyclic) bond motifs is 1. The Morgan fingerprint density at radius 3 is 2.79 bits per heavy atom. The number of nitro groups is 1. The van der Waals surface area contributed by atoms with Gasteiger partial charge in [-0.2, -0.15) is 0 Å². The summed E-state index contributed by atoms with van der Waals surface area (Å²) in [5.41, 5.74) is 1.50. The standard InChI is InChI=1S/C18H15NO5/c1-23-17-7-6-12(11-15(17)19(21)22)10-13-8-9-24-16-5-3-2-4-14(16)18(13)20/h2-7,10-11H,8-9H2,1H3/b13-10-. The van der Waals surface area contributed by atoms with E-state index in [1.807, 2.05) is 6.07 Å². The van der Waals surface area contributed by atoms with E-state index in [1.165, 1.54) is 19.2 Å². The third-order valence-electron chi connectivity index (χ3n) is 3.79. The molecule has 0 amide bonds. The van der Waals surface area contributed by atoms with Gasteiger partial charge in [0.15, 0.2) is 11.5 Å². The van der Waals surface area contributed by atoms with Gasteiger partial charge in [0.05, 0.1) is 24.2 Å². The van der Waals surface area contributed by atoms with Crippen molar-refractivity contribution in [1.29, 1.82) is 0 Å². The SMILES string of the molecule is COc1ccc(/C=C2/CCOc3ccccc3C2=O)cc1[N+](=O)[O-]. The lowest BCUT2D eigenvalue weighted by Gasteiger charge is -2.05. The molecule has 0 radical (unpaired) electrons. The number of hydrogen-bond donors (Lipinski definition) is 0. The molecule has 0 unspecified atom stereocenters. The van der Waals surface area contributed by atoms with Gasteiger partial charge in [-0.3, -0.25) is 14.9 Å². The third-order valence-corrected chi connectivity index (χ3v) is 3.79. The Morgan fingerprint density at radius 1 is 1.25 bits per heavy atom. The molecule has 0 atom stereocenters. The predicted octanol–water partition coefficient (Wildman–Crippen LogP) is 3.65. The van der Waals surface area contributed by atoms with Crippen molar-refractivity contribution in [3.05, 3.63) is 69.3 Å². The maximum atomic E-state index is 12.7. The molecule has 0 aromatic heterocycles. The Morgan fingerprint density at radius 2 is 2.04 bits per heavy atom. The van der Waals surface area contributed by atoms with E-state index in [4.69, 9.17) is 9.47 Å². The second-order valence-corrected chi connectivity index (χ2v) is 5.28. The zero-order valence-electron chi connectivity index (χ0n) is 13.0. The normalized spacial score (nSPS) is 15.4. The van der Waals surface area contributed by atoms with E-state index in [2.05, 4.69) is 0 Å². The van der Waals surface area contributed by atoms with Gasteiger partial charge < -0.3 is 9.47 Å². The second kappa shape index (κ2) is 6.54. The summed E-state index contributed by atoms with van der Waals surface area (Å²) in [5.74, 6) is 0.621. The van der Waals surface area contributed by atoms with E-state index in [9.17, 15) is 14.9 Å². The number of rotatable bonds is 3. The molecule has 0 aliphatic carbocycles. The van der Waals surface area contributed by atoms with Gasteiger partial charge in [-0.25, -0.2) is 0 Å². The topological polar surface area (TPSA) is 78.7 Å². The van der Waals surface area contributed by atoms with Gasteiger partial charge in [-0.05, 0) is 29.8 Å². The summed E-state index contributed by atoms with van der Waals surface area (Å²) in [5, 5.41) is 11.1. The lowest BCUT2D eigenvalue weighted by atomic mass is 9.99. The van der Waals surface area contributed by atoms with Crippen LogP contribution in [0.1, 0.15) is 22.3 Å². The number of para-hydroxylation sites is 1. The van der Waals surface area contributed by atoms with Crippen molar-refractivity contribution in [2.24, 2.45) is 0 Å². The minimum absolute atomic E-state index is 0.124. The fourth-order valence-corrected chi connectivity index (χ4v) is 2.62. The molecule has 0 spiro atoms. The fraction of sp³-hybridized carbons (Fsp3) is 0.167. The molecule has 1 aliphatic heterocycles. The highest BCUT2D eigenvalue weighted by molar-refractivity contribution is 6.13. The average molecular weight is 325 g/mol. The van der Waals surface area contributed by atoms with Crippen molar-refractivity contribution in [3.63, 3.8) is 0 Å². The van der Waals surface area contributed by atoms with Gasteiger partial charge >= 0.3 is 5.69 Å². The van der Waals surface area contributed by atoms with Crippen LogP contribution in [0.4, 0.5) is 5.69 Å². The predicted molar refractivity (Wildman–Crippen MR) is 88.5 cm³/mol. The van der Waals surface area contributed by atoms with E-state index in [1.54, 1.807) is 30.3 Å². The summed E-state index contributed by atoms with van der Waals surface area (Å²) in [6.07, 6.45) is 2.10. The van der Waals surface area contributed by atoms with E-state index in [0.717, 1.165) is 0 Å². The molecular weight excluding hydrogens is 310 g/mol. The van der Waals surface area contributed by atoms with Crippen molar-refractivity contribution in [1.82, 2.24) is 0 Å². The van der Waals surface area contributed by atoms with Crippen LogP contribution in [0.25, 0.3) is 6.08 Å². The van der Waals surface area contributed by atoms with E-state index in [0.29, 0.717) is 35.5 Å². The number of carbonyl (C=O) groups is 1. The Kier molecular flexibility index (Phi) is 4.29. The molecule has 1 heterocycles. The number of nitro benzene ring substituents is 1. The molecule has 0 saturated heterocycles. The first-order valence-corrected chi connectivity index (χ1v) is 7.39. The Labute approximate surface area is 138 Å². The van der Waals surface area contributed by atoms with Crippen LogP contribution in [0.5, 0.6) is 11.5 Å². The Balaban J connectivity index is 2.01.